The van der Waals surface area contributed by atoms with Gasteiger partial charge in [-0.2, -0.15) is 0 Å². The van der Waals surface area contributed by atoms with Crippen molar-refractivity contribution in [3.05, 3.63) is 28.0 Å². The monoisotopic (exact) mass is 291 g/mol. The van der Waals surface area contributed by atoms with Gasteiger partial charge in [-0.05, 0) is 18.1 Å². The summed E-state index contributed by atoms with van der Waals surface area (Å²) in [7, 11) is 2.39. The SMILES string of the molecule is COC(=O)c1cc(CCCl)c(Cl)nc1C(=O)OC. The molecule has 0 aliphatic heterocycles. The summed E-state index contributed by atoms with van der Waals surface area (Å²) in [5.41, 5.74) is 0.404. The predicted octanol–water partition coefficient (Wildman–Crippen LogP) is 2.09. The van der Waals surface area contributed by atoms with E-state index in [1.165, 1.54) is 20.3 Å². The standard InChI is InChI=1S/C11H11Cl2NO4/c1-17-10(15)7-5-6(3-4-12)9(13)14-8(7)11(16)18-2/h5H,3-4H2,1-2H3. The van der Waals surface area contributed by atoms with Crippen molar-refractivity contribution in [2.45, 2.75) is 6.42 Å². The molecule has 0 fully saturated rings. The van der Waals surface area contributed by atoms with Gasteiger partial charge in [-0.25, -0.2) is 14.6 Å². The van der Waals surface area contributed by atoms with Crippen LogP contribution in [-0.4, -0.2) is 37.0 Å². The summed E-state index contributed by atoms with van der Waals surface area (Å²) < 4.78 is 9.11. The Morgan fingerprint density at radius 3 is 2.39 bits per heavy atom. The second-order valence-corrected chi connectivity index (χ2v) is 3.99. The van der Waals surface area contributed by atoms with E-state index in [0.717, 1.165) is 0 Å². The third kappa shape index (κ3) is 3.11. The van der Waals surface area contributed by atoms with Crippen molar-refractivity contribution in [3.63, 3.8) is 0 Å². The molecular weight excluding hydrogens is 281 g/mol. The summed E-state index contributed by atoms with van der Waals surface area (Å²) >= 11 is 11.5. The van der Waals surface area contributed by atoms with Crippen LogP contribution >= 0.6 is 23.2 Å². The topological polar surface area (TPSA) is 65.5 Å². The third-order valence-electron chi connectivity index (χ3n) is 2.20. The molecule has 7 heteroatoms. The molecule has 0 unspecified atom stereocenters. The summed E-state index contributed by atoms with van der Waals surface area (Å²) in [6, 6.07) is 1.44. The summed E-state index contributed by atoms with van der Waals surface area (Å²) in [6.45, 7) is 0. The molecule has 0 amide bonds. The van der Waals surface area contributed by atoms with Crippen molar-refractivity contribution >= 4 is 35.1 Å². The Kier molecular flexibility index (Phi) is 5.37. The summed E-state index contributed by atoms with van der Waals surface area (Å²) in [6.07, 6.45) is 0.429. The van der Waals surface area contributed by atoms with Crippen LogP contribution in [-0.2, 0) is 15.9 Å². The van der Waals surface area contributed by atoms with Crippen molar-refractivity contribution in [2.24, 2.45) is 0 Å². The van der Waals surface area contributed by atoms with Gasteiger partial charge in [-0.1, -0.05) is 11.6 Å². The number of rotatable bonds is 4. The fraction of sp³-hybridized carbons (Fsp3) is 0.364. The van der Waals surface area contributed by atoms with E-state index in [2.05, 4.69) is 14.5 Å². The molecule has 5 nitrogen and oxygen atoms in total. The lowest BCUT2D eigenvalue weighted by molar-refractivity contribution is 0.0549. The Labute approximate surface area is 114 Å². The highest BCUT2D eigenvalue weighted by Crippen LogP contribution is 2.20. The summed E-state index contributed by atoms with van der Waals surface area (Å²) in [4.78, 5) is 26.9. The van der Waals surface area contributed by atoms with Crippen molar-refractivity contribution in [2.75, 3.05) is 20.1 Å². The van der Waals surface area contributed by atoms with Crippen LogP contribution in [0.25, 0.3) is 0 Å². The highest BCUT2D eigenvalue weighted by molar-refractivity contribution is 6.30. The highest BCUT2D eigenvalue weighted by Gasteiger charge is 2.22. The smallest absolute Gasteiger partial charge is 0.357 e. The van der Waals surface area contributed by atoms with Crippen LogP contribution in [0.2, 0.25) is 5.15 Å². The molecule has 1 rings (SSSR count). The zero-order valence-electron chi connectivity index (χ0n) is 9.83. The number of methoxy groups -OCH3 is 2. The number of hydrogen-bond donors (Lipinski definition) is 0. The maximum absolute atomic E-state index is 11.6. The Morgan fingerprint density at radius 2 is 1.89 bits per heavy atom. The molecule has 1 aromatic heterocycles. The Bertz CT molecular complexity index is 476. The number of alkyl halides is 1. The molecule has 0 aliphatic rings. The summed E-state index contributed by atoms with van der Waals surface area (Å²) in [5.74, 6) is -1.12. The molecule has 0 bridgehead atoms. The molecule has 0 aliphatic carbocycles. The zero-order valence-corrected chi connectivity index (χ0v) is 11.3. The van der Waals surface area contributed by atoms with Crippen LogP contribution in [0.3, 0.4) is 0 Å². The quantitative estimate of drug-likeness (QED) is 0.483. The highest BCUT2D eigenvalue weighted by atomic mass is 35.5. The third-order valence-corrected chi connectivity index (χ3v) is 2.71. The number of pyridine rings is 1. The number of halogens is 2. The lowest BCUT2D eigenvalue weighted by Gasteiger charge is -2.09. The molecule has 0 radical (unpaired) electrons. The maximum Gasteiger partial charge on any atom is 0.357 e. The molecular formula is C11H11Cl2NO4. The van der Waals surface area contributed by atoms with Gasteiger partial charge in [-0.3, -0.25) is 0 Å². The molecule has 0 saturated heterocycles. The molecule has 0 spiro atoms. The zero-order chi connectivity index (χ0) is 13.7. The van der Waals surface area contributed by atoms with E-state index in [4.69, 9.17) is 23.2 Å². The van der Waals surface area contributed by atoms with Gasteiger partial charge < -0.3 is 9.47 Å². The largest absolute Gasteiger partial charge is 0.465 e. The lowest BCUT2D eigenvalue weighted by Crippen LogP contribution is -2.15. The Balaban J connectivity index is 3.36. The average molecular weight is 292 g/mol. The van der Waals surface area contributed by atoms with Crippen LogP contribution < -0.4 is 0 Å². The lowest BCUT2D eigenvalue weighted by atomic mass is 10.1. The predicted molar refractivity (Wildman–Crippen MR) is 66.4 cm³/mol. The molecule has 1 aromatic rings. The molecule has 0 aromatic carbocycles. The van der Waals surface area contributed by atoms with Gasteiger partial charge in [0, 0.05) is 5.88 Å². The molecule has 1 heterocycles. The number of aryl methyl sites for hydroxylation is 1. The van der Waals surface area contributed by atoms with Crippen molar-refractivity contribution in [3.8, 4) is 0 Å². The van der Waals surface area contributed by atoms with E-state index in [1.807, 2.05) is 0 Å². The number of hydrogen-bond acceptors (Lipinski definition) is 5. The van der Waals surface area contributed by atoms with Crippen LogP contribution in [0, 0.1) is 0 Å². The van der Waals surface area contributed by atoms with Crippen LogP contribution in [0.15, 0.2) is 6.07 Å². The molecule has 98 valence electrons. The van der Waals surface area contributed by atoms with E-state index >= 15 is 0 Å². The van der Waals surface area contributed by atoms with Gasteiger partial charge in [0.2, 0.25) is 0 Å². The van der Waals surface area contributed by atoms with Crippen LogP contribution in [0.4, 0.5) is 0 Å². The van der Waals surface area contributed by atoms with Gasteiger partial charge >= 0.3 is 11.9 Å². The number of esters is 2. The van der Waals surface area contributed by atoms with E-state index < -0.39 is 11.9 Å². The molecule has 0 saturated carbocycles. The van der Waals surface area contributed by atoms with Gasteiger partial charge in [0.05, 0.1) is 19.8 Å². The number of carbonyl (C=O) groups is 2. The summed E-state index contributed by atoms with van der Waals surface area (Å²) in [5, 5.41) is 0.115. The Morgan fingerprint density at radius 1 is 1.28 bits per heavy atom. The second-order valence-electron chi connectivity index (χ2n) is 3.26. The first-order valence-corrected chi connectivity index (χ1v) is 5.88. The molecule has 18 heavy (non-hydrogen) atoms. The van der Waals surface area contributed by atoms with E-state index in [0.29, 0.717) is 17.9 Å². The first kappa shape index (κ1) is 14.7. The minimum Gasteiger partial charge on any atom is -0.465 e. The molecule has 0 N–H and O–H groups in total. The number of aromatic nitrogens is 1. The number of carbonyl (C=O) groups excluding carboxylic acids is 2. The van der Waals surface area contributed by atoms with E-state index in [-0.39, 0.29) is 16.4 Å². The minimum absolute atomic E-state index is 0.00821. The van der Waals surface area contributed by atoms with Crippen LogP contribution in [0.5, 0.6) is 0 Å². The average Bonchev–Trinajstić information content (AvgIpc) is 2.39. The Hall–Kier alpha value is -1.33. The fourth-order valence-electron chi connectivity index (χ4n) is 1.33. The van der Waals surface area contributed by atoms with Gasteiger partial charge in [0.25, 0.3) is 0 Å². The van der Waals surface area contributed by atoms with Crippen molar-refractivity contribution in [1.29, 1.82) is 0 Å². The fourth-order valence-corrected chi connectivity index (χ4v) is 1.76. The number of nitrogens with zero attached hydrogens (tertiary/aromatic N) is 1. The van der Waals surface area contributed by atoms with Crippen molar-refractivity contribution < 1.29 is 19.1 Å². The first-order chi connectivity index (χ1) is 8.54. The van der Waals surface area contributed by atoms with Gasteiger partial charge in [-0.15, -0.1) is 11.6 Å². The van der Waals surface area contributed by atoms with Crippen molar-refractivity contribution in [1.82, 2.24) is 4.98 Å². The first-order valence-electron chi connectivity index (χ1n) is 4.97. The minimum atomic E-state index is -0.755. The van der Waals surface area contributed by atoms with E-state index in [1.54, 1.807) is 0 Å². The van der Waals surface area contributed by atoms with Gasteiger partial charge in [0.1, 0.15) is 5.15 Å². The van der Waals surface area contributed by atoms with Gasteiger partial charge in [0.15, 0.2) is 5.69 Å². The maximum atomic E-state index is 11.6. The van der Waals surface area contributed by atoms with E-state index in [9.17, 15) is 9.59 Å². The second kappa shape index (κ2) is 6.56. The van der Waals surface area contributed by atoms with Crippen LogP contribution in [0.1, 0.15) is 26.4 Å². The number of ether oxygens (including phenoxy) is 2. The molecule has 0 atom stereocenters. The normalized spacial score (nSPS) is 10.0.